The van der Waals surface area contributed by atoms with Crippen LogP contribution in [0.1, 0.15) is 38.7 Å². The van der Waals surface area contributed by atoms with Gasteiger partial charge in [0.15, 0.2) is 6.07 Å². The van der Waals surface area contributed by atoms with Crippen molar-refractivity contribution in [1.82, 2.24) is 10.4 Å². The van der Waals surface area contributed by atoms with Crippen LogP contribution in [0, 0.1) is 28.6 Å². The summed E-state index contributed by atoms with van der Waals surface area (Å²) in [5.74, 6) is 4.79. The van der Waals surface area contributed by atoms with Crippen LogP contribution in [0.15, 0.2) is 24.3 Å². The number of nitrogens with zero attached hydrogens (tertiary/aromatic N) is 2. The van der Waals surface area contributed by atoms with E-state index in [1.54, 1.807) is 37.4 Å². The molecule has 0 aromatic heterocycles. The first kappa shape index (κ1) is 24.1. The van der Waals surface area contributed by atoms with Crippen molar-refractivity contribution in [3.05, 3.63) is 29.8 Å². The molecule has 0 fully saturated rings. The van der Waals surface area contributed by atoms with Crippen molar-refractivity contribution in [3.63, 3.8) is 0 Å². The van der Waals surface area contributed by atoms with Gasteiger partial charge in [-0.05, 0) is 37.1 Å². The fraction of sp³-hybridized carbons (Fsp3) is 0.476. The van der Waals surface area contributed by atoms with Crippen LogP contribution in [0.2, 0.25) is 0 Å². The molecule has 8 nitrogen and oxygen atoms in total. The number of hydrogen-bond donors (Lipinski definition) is 3. The molecule has 0 bridgehead atoms. The van der Waals surface area contributed by atoms with Gasteiger partial charge >= 0.3 is 0 Å². The quantitative estimate of drug-likeness (QED) is 0.225. The molecule has 29 heavy (non-hydrogen) atoms. The van der Waals surface area contributed by atoms with Crippen LogP contribution in [-0.4, -0.2) is 43.7 Å². The van der Waals surface area contributed by atoms with Gasteiger partial charge in [0, 0.05) is 42.6 Å². The molecule has 0 radical (unpaired) electrons. The van der Waals surface area contributed by atoms with Gasteiger partial charge in [0.2, 0.25) is 11.8 Å². The first-order valence-corrected chi connectivity index (χ1v) is 9.41. The fourth-order valence-electron chi connectivity index (χ4n) is 2.27. The molecule has 0 unspecified atom stereocenters. The number of carbonyl (C=O) groups excluding carboxylic acids is 2. The van der Waals surface area contributed by atoms with Crippen molar-refractivity contribution in [2.24, 2.45) is 11.1 Å². The highest BCUT2D eigenvalue weighted by Crippen LogP contribution is 2.20. The smallest absolute Gasteiger partial charge is 0.225 e. The van der Waals surface area contributed by atoms with E-state index < -0.39 is 5.41 Å². The van der Waals surface area contributed by atoms with E-state index in [1.807, 2.05) is 13.8 Å². The first-order valence-electron chi connectivity index (χ1n) is 9.41. The Balaban J connectivity index is 2.30. The molecule has 0 atom stereocenters. The minimum absolute atomic E-state index is 0.0778. The maximum atomic E-state index is 12.3. The summed E-state index contributed by atoms with van der Waals surface area (Å²) in [5, 5.41) is 15.6. The van der Waals surface area contributed by atoms with E-state index in [9.17, 15) is 9.59 Å². The Morgan fingerprint density at radius 1 is 1.28 bits per heavy atom. The van der Waals surface area contributed by atoms with Crippen LogP contribution in [0.5, 0.6) is 0 Å². The number of carbonyl (C=O) groups is 2. The van der Waals surface area contributed by atoms with Gasteiger partial charge in [-0.25, -0.2) is 0 Å². The van der Waals surface area contributed by atoms with Crippen molar-refractivity contribution >= 4 is 17.5 Å². The number of nitriles is 1. The standard InChI is InChI=1S/C21H29N5O3/c1-21(2,12-15-29-26(3)16-23)20(28)24-14-5-7-19(27)25-18-10-8-17(9-11-18)6-4-13-22/h8-11H,5,7,12,14-16,23H2,1-3H3,(H,24,28)(H,25,27). The Hall–Kier alpha value is -2.91. The zero-order chi connectivity index (χ0) is 21.7. The summed E-state index contributed by atoms with van der Waals surface area (Å²) in [7, 11) is 1.73. The largest absolute Gasteiger partial charge is 0.356 e. The Morgan fingerprint density at radius 3 is 2.59 bits per heavy atom. The second kappa shape index (κ2) is 12.5. The molecule has 2 amide bonds. The van der Waals surface area contributed by atoms with Crippen LogP contribution >= 0.6 is 0 Å². The molecule has 156 valence electrons. The summed E-state index contributed by atoms with van der Waals surface area (Å²) in [4.78, 5) is 29.7. The number of anilines is 1. The number of amides is 2. The number of nitrogens with two attached hydrogens (primary N) is 1. The Bertz CT molecular complexity index is 772. The molecule has 0 heterocycles. The van der Waals surface area contributed by atoms with Crippen molar-refractivity contribution in [2.75, 3.05) is 32.2 Å². The Morgan fingerprint density at radius 2 is 1.97 bits per heavy atom. The molecule has 1 aromatic carbocycles. The lowest BCUT2D eigenvalue weighted by Gasteiger charge is -2.24. The zero-order valence-electron chi connectivity index (χ0n) is 17.2. The highest BCUT2D eigenvalue weighted by molar-refractivity contribution is 5.90. The van der Waals surface area contributed by atoms with E-state index in [1.165, 1.54) is 5.06 Å². The number of hydroxylamine groups is 2. The molecule has 0 spiro atoms. The first-order chi connectivity index (χ1) is 13.8. The van der Waals surface area contributed by atoms with Gasteiger partial charge in [0.1, 0.15) is 0 Å². The van der Waals surface area contributed by atoms with Gasteiger partial charge < -0.3 is 16.4 Å². The summed E-state index contributed by atoms with van der Waals surface area (Å²) in [5.41, 5.74) is 6.22. The number of hydrogen-bond acceptors (Lipinski definition) is 6. The lowest BCUT2D eigenvalue weighted by Crippen LogP contribution is -2.39. The second-order valence-corrected chi connectivity index (χ2v) is 7.12. The second-order valence-electron chi connectivity index (χ2n) is 7.12. The average molecular weight is 399 g/mol. The predicted octanol–water partition coefficient (Wildman–Crippen LogP) is 1.59. The van der Waals surface area contributed by atoms with Gasteiger partial charge in [-0.1, -0.05) is 19.8 Å². The number of nitrogens with one attached hydrogen (secondary N) is 2. The van der Waals surface area contributed by atoms with Gasteiger partial charge in [-0.2, -0.15) is 10.3 Å². The third-order valence-electron chi connectivity index (χ3n) is 4.21. The van der Waals surface area contributed by atoms with Gasteiger partial charge in [0.25, 0.3) is 0 Å². The van der Waals surface area contributed by atoms with E-state index in [-0.39, 0.29) is 18.5 Å². The van der Waals surface area contributed by atoms with Crippen LogP contribution in [0.4, 0.5) is 5.69 Å². The molecule has 1 rings (SSSR count). The summed E-state index contributed by atoms with van der Waals surface area (Å²) >= 11 is 0. The van der Waals surface area contributed by atoms with Crippen LogP contribution in [-0.2, 0) is 14.4 Å². The summed E-state index contributed by atoms with van der Waals surface area (Å²) in [6.07, 6.45) is 1.38. The molecule has 4 N–H and O–H groups in total. The topological polar surface area (TPSA) is 120 Å². The average Bonchev–Trinajstić information content (AvgIpc) is 2.70. The van der Waals surface area contributed by atoms with Crippen LogP contribution in [0.3, 0.4) is 0 Å². The molecular formula is C21H29N5O3. The molecule has 0 saturated heterocycles. The minimum atomic E-state index is -0.576. The number of rotatable bonds is 11. The van der Waals surface area contributed by atoms with E-state index >= 15 is 0 Å². The van der Waals surface area contributed by atoms with Crippen molar-refractivity contribution < 1.29 is 14.4 Å². The minimum Gasteiger partial charge on any atom is -0.356 e. The van der Waals surface area contributed by atoms with Crippen LogP contribution < -0.4 is 16.4 Å². The summed E-state index contributed by atoms with van der Waals surface area (Å²) in [6.45, 7) is 4.81. The van der Waals surface area contributed by atoms with Gasteiger partial charge in [-0.3, -0.25) is 14.4 Å². The van der Waals surface area contributed by atoms with Gasteiger partial charge in [0.05, 0.1) is 13.3 Å². The third-order valence-corrected chi connectivity index (χ3v) is 4.21. The van der Waals surface area contributed by atoms with E-state index in [2.05, 4.69) is 22.5 Å². The predicted molar refractivity (Wildman–Crippen MR) is 111 cm³/mol. The fourth-order valence-corrected chi connectivity index (χ4v) is 2.27. The molecule has 0 aliphatic heterocycles. The van der Waals surface area contributed by atoms with Gasteiger partial charge in [-0.15, -0.1) is 0 Å². The molecule has 0 aliphatic rings. The van der Waals surface area contributed by atoms with E-state index in [0.717, 1.165) is 0 Å². The Kier molecular flexibility index (Phi) is 10.4. The lowest BCUT2D eigenvalue weighted by atomic mass is 9.88. The third kappa shape index (κ3) is 9.72. The summed E-state index contributed by atoms with van der Waals surface area (Å²) < 4.78 is 0. The number of benzene rings is 1. The van der Waals surface area contributed by atoms with Crippen molar-refractivity contribution in [2.45, 2.75) is 33.1 Å². The molecular weight excluding hydrogens is 370 g/mol. The highest BCUT2D eigenvalue weighted by atomic mass is 16.7. The van der Waals surface area contributed by atoms with E-state index in [0.29, 0.717) is 43.7 Å². The maximum Gasteiger partial charge on any atom is 0.225 e. The lowest BCUT2D eigenvalue weighted by molar-refractivity contribution is -0.150. The van der Waals surface area contributed by atoms with Crippen molar-refractivity contribution in [1.29, 1.82) is 5.26 Å². The molecule has 1 aromatic rings. The zero-order valence-corrected chi connectivity index (χ0v) is 17.2. The monoisotopic (exact) mass is 399 g/mol. The maximum absolute atomic E-state index is 12.3. The highest BCUT2D eigenvalue weighted by Gasteiger charge is 2.27. The molecule has 8 heteroatoms. The SMILES string of the molecule is CN(CN)OCCC(C)(C)C(=O)NCCCC(=O)Nc1ccc(C#CC#N)cc1. The van der Waals surface area contributed by atoms with Crippen molar-refractivity contribution in [3.8, 4) is 17.9 Å². The molecule has 0 saturated carbocycles. The van der Waals surface area contributed by atoms with Crippen LogP contribution in [0.25, 0.3) is 0 Å². The summed E-state index contributed by atoms with van der Waals surface area (Å²) in [6, 6.07) is 8.68. The normalized spacial score (nSPS) is 10.6. The molecule has 0 aliphatic carbocycles. The Labute approximate surface area is 172 Å². The van der Waals surface area contributed by atoms with E-state index in [4.69, 9.17) is 15.8 Å².